The van der Waals surface area contributed by atoms with Crippen LogP contribution in [-0.2, 0) is 9.53 Å². The van der Waals surface area contributed by atoms with Gasteiger partial charge in [-0.2, -0.15) is 0 Å². The summed E-state index contributed by atoms with van der Waals surface area (Å²) in [6.45, 7) is 4.58. The van der Waals surface area contributed by atoms with Crippen LogP contribution in [0.3, 0.4) is 0 Å². The molecule has 36 heavy (non-hydrogen) atoms. The van der Waals surface area contributed by atoms with Crippen LogP contribution in [0.15, 0.2) is 71.1 Å². The molecule has 1 aliphatic heterocycles. The summed E-state index contributed by atoms with van der Waals surface area (Å²) in [5, 5.41) is 3.37. The third-order valence-electron chi connectivity index (χ3n) is 5.67. The molecule has 0 saturated carbocycles. The monoisotopic (exact) mass is 487 g/mol. The number of carbonyl (C=O) groups is 2. The average Bonchev–Trinajstić information content (AvgIpc) is 3.28. The first-order chi connectivity index (χ1) is 17.5. The van der Waals surface area contributed by atoms with Crippen LogP contribution in [0.4, 0.5) is 5.69 Å². The molecule has 1 N–H and O–H groups in total. The molecular formula is C28H25NO7. The number of nitrogens with one attached hydrogen (secondary N) is 1. The molecule has 4 aromatic rings. The molecule has 0 bridgehead atoms. The van der Waals surface area contributed by atoms with Crippen molar-refractivity contribution < 1.29 is 33.0 Å². The molecule has 1 atom stereocenters. The molecule has 1 aromatic heterocycles. The fourth-order valence-corrected chi connectivity index (χ4v) is 3.97. The number of esters is 1. The topological polar surface area (TPSA) is 96.2 Å². The van der Waals surface area contributed by atoms with E-state index in [0.717, 1.165) is 5.56 Å². The van der Waals surface area contributed by atoms with E-state index in [1.165, 1.54) is 0 Å². The summed E-state index contributed by atoms with van der Waals surface area (Å²) < 4.78 is 28.3. The molecule has 0 aliphatic carbocycles. The van der Waals surface area contributed by atoms with Crippen LogP contribution in [0.1, 0.15) is 24.2 Å². The lowest BCUT2D eigenvalue weighted by Gasteiger charge is -2.19. The zero-order valence-corrected chi connectivity index (χ0v) is 19.9. The van der Waals surface area contributed by atoms with E-state index in [2.05, 4.69) is 5.32 Å². The Bertz CT molecular complexity index is 1410. The fourth-order valence-electron chi connectivity index (χ4n) is 3.97. The smallest absolute Gasteiger partial charge is 0.342 e. The van der Waals surface area contributed by atoms with E-state index in [1.807, 2.05) is 30.3 Å². The van der Waals surface area contributed by atoms with E-state index >= 15 is 0 Å². The first-order valence-corrected chi connectivity index (χ1v) is 11.7. The van der Waals surface area contributed by atoms with Crippen LogP contribution < -0.4 is 19.5 Å². The van der Waals surface area contributed by atoms with Gasteiger partial charge in [-0.25, -0.2) is 4.79 Å². The van der Waals surface area contributed by atoms with E-state index in [9.17, 15) is 9.59 Å². The first kappa shape index (κ1) is 23.3. The van der Waals surface area contributed by atoms with E-state index in [4.69, 9.17) is 23.4 Å². The number of benzene rings is 3. The SMILES string of the molecule is CCOC(=O)c1c(-c2ccccc2)oc2ccc(OC(C)C(=O)Nc3ccc4c(c3)OCCO4)cc12. The molecule has 1 amide bonds. The van der Waals surface area contributed by atoms with Crippen LogP contribution in [0.5, 0.6) is 17.2 Å². The third-order valence-corrected chi connectivity index (χ3v) is 5.67. The van der Waals surface area contributed by atoms with Crippen LogP contribution in [0.25, 0.3) is 22.3 Å². The Hall–Kier alpha value is -4.46. The maximum absolute atomic E-state index is 12.9. The summed E-state index contributed by atoms with van der Waals surface area (Å²) in [5.41, 5.74) is 2.16. The van der Waals surface area contributed by atoms with Crippen molar-refractivity contribution in [1.29, 1.82) is 0 Å². The minimum absolute atomic E-state index is 0.229. The molecule has 0 radical (unpaired) electrons. The lowest BCUT2D eigenvalue weighted by atomic mass is 10.1. The highest BCUT2D eigenvalue weighted by Crippen LogP contribution is 2.36. The summed E-state index contributed by atoms with van der Waals surface area (Å²) >= 11 is 0. The Labute approximate surface area is 207 Å². The van der Waals surface area contributed by atoms with Gasteiger partial charge in [0.1, 0.15) is 35.9 Å². The van der Waals surface area contributed by atoms with Gasteiger partial charge in [0.2, 0.25) is 0 Å². The van der Waals surface area contributed by atoms with Gasteiger partial charge >= 0.3 is 5.97 Å². The molecule has 5 rings (SSSR count). The first-order valence-electron chi connectivity index (χ1n) is 11.7. The van der Waals surface area contributed by atoms with Crippen molar-refractivity contribution in [2.75, 3.05) is 25.1 Å². The van der Waals surface area contributed by atoms with Crippen molar-refractivity contribution in [2.45, 2.75) is 20.0 Å². The van der Waals surface area contributed by atoms with Gasteiger partial charge in [-0.1, -0.05) is 30.3 Å². The van der Waals surface area contributed by atoms with Gasteiger partial charge in [0.05, 0.1) is 6.61 Å². The number of furan rings is 1. The van der Waals surface area contributed by atoms with Gasteiger partial charge < -0.3 is 28.7 Å². The van der Waals surface area contributed by atoms with Crippen molar-refractivity contribution in [2.24, 2.45) is 0 Å². The molecule has 0 fully saturated rings. The summed E-state index contributed by atoms with van der Waals surface area (Å²) in [4.78, 5) is 25.7. The minimum Gasteiger partial charge on any atom is -0.486 e. The van der Waals surface area contributed by atoms with Gasteiger partial charge in [0.15, 0.2) is 17.6 Å². The Balaban J connectivity index is 1.38. The van der Waals surface area contributed by atoms with Crippen molar-refractivity contribution in [3.8, 4) is 28.6 Å². The summed E-state index contributed by atoms with van der Waals surface area (Å²) in [6, 6.07) is 19.7. The Morgan fingerprint density at radius 1 is 0.972 bits per heavy atom. The molecule has 8 nitrogen and oxygen atoms in total. The molecule has 184 valence electrons. The molecule has 2 heterocycles. The van der Waals surface area contributed by atoms with Gasteiger partial charge in [-0.05, 0) is 44.2 Å². The number of rotatable bonds is 7. The zero-order chi connectivity index (χ0) is 25.1. The standard InChI is InChI=1S/C28H25NO7/c1-3-32-28(31)25-21-16-20(10-12-22(21)36-26(25)18-7-5-4-6-8-18)35-17(2)27(30)29-19-9-11-23-24(15-19)34-14-13-33-23/h4-12,15-17H,3,13-14H2,1-2H3,(H,29,30). The average molecular weight is 488 g/mol. The molecule has 3 aromatic carbocycles. The molecule has 8 heteroatoms. The van der Waals surface area contributed by atoms with Crippen molar-refractivity contribution in [3.63, 3.8) is 0 Å². The van der Waals surface area contributed by atoms with E-state index < -0.39 is 12.1 Å². The number of hydrogen-bond acceptors (Lipinski definition) is 7. The Morgan fingerprint density at radius 3 is 2.53 bits per heavy atom. The Morgan fingerprint density at radius 2 is 1.75 bits per heavy atom. The van der Waals surface area contributed by atoms with Crippen molar-refractivity contribution >= 4 is 28.5 Å². The van der Waals surface area contributed by atoms with Gasteiger partial charge in [0, 0.05) is 22.7 Å². The van der Waals surface area contributed by atoms with Gasteiger partial charge in [-0.15, -0.1) is 0 Å². The summed E-state index contributed by atoms with van der Waals surface area (Å²) in [6.07, 6.45) is -0.817. The van der Waals surface area contributed by atoms with Crippen molar-refractivity contribution in [3.05, 3.63) is 72.3 Å². The number of anilines is 1. The minimum atomic E-state index is -0.817. The number of hydrogen-bond donors (Lipinski definition) is 1. The maximum Gasteiger partial charge on any atom is 0.342 e. The maximum atomic E-state index is 12.9. The lowest BCUT2D eigenvalue weighted by Crippen LogP contribution is -2.30. The predicted octanol–water partition coefficient (Wildman–Crippen LogP) is 5.45. The molecule has 0 spiro atoms. The van der Waals surface area contributed by atoms with Crippen molar-refractivity contribution in [1.82, 2.24) is 0 Å². The third kappa shape index (κ3) is 4.70. The van der Waals surface area contributed by atoms with Crippen LogP contribution >= 0.6 is 0 Å². The zero-order valence-electron chi connectivity index (χ0n) is 19.9. The highest BCUT2D eigenvalue weighted by Gasteiger charge is 2.24. The fraction of sp³-hybridized carbons (Fsp3) is 0.214. The van der Waals surface area contributed by atoms with Crippen LogP contribution in [-0.4, -0.2) is 37.8 Å². The van der Waals surface area contributed by atoms with E-state index in [0.29, 0.717) is 58.4 Å². The Kier molecular flexibility index (Phi) is 6.49. The molecule has 0 saturated heterocycles. The summed E-state index contributed by atoms with van der Waals surface area (Å²) in [5.74, 6) is 1.23. The normalized spacial score (nSPS) is 13.2. The second kappa shape index (κ2) is 10.0. The highest BCUT2D eigenvalue weighted by atomic mass is 16.6. The quantitative estimate of drug-likeness (QED) is 0.346. The molecule has 1 unspecified atom stereocenters. The second-order valence-corrected chi connectivity index (χ2v) is 8.16. The predicted molar refractivity (Wildman–Crippen MR) is 134 cm³/mol. The number of carbonyl (C=O) groups excluding carboxylic acids is 2. The van der Waals surface area contributed by atoms with Gasteiger partial charge in [-0.3, -0.25) is 4.79 Å². The molecular weight excluding hydrogens is 462 g/mol. The van der Waals surface area contributed by atoms with Crippen LogP contribution in [0.2, 0.25) is 0 Å². The van der Waals surface area contributed by atoms with E-state index in [-0.39, 0.29) is 12.5 Å². The largest absolute Gasteiger partial charge is 0.486 e. The number of fused-ring (bicyclic) bond motifs is 2. The lowest BCUT2D eigenvalue weighted by molar-refractivity contribution is -0.122. The van der Waals surface area contributed by atoms with E-state index in [1.54, 1.807) is 50.2 Å². The number of amides is 1. The van der Waals surface area contributed by atoms with Crippen LogP contribution in [0, 0.1) is 0 Å². The highest BCUT2D eigenvalue weighted by molar-refractivity contribution is 6.09. The molecule has 1 aliphatic rings. The second-order valence-electron chi connectivity index (χ2n) is 8.16. The summed E-state index contributed by atoms with van der Waals surface area (Å²) in [7, 11) is 0. The number of ether oxygens (including phenoxy) is 4. The van der Waals surface area contributed by atoms with Gasteiger partial charge in [0.25, 0.3) is 5.91 Å².